The van der Waals surface area contributed by atoms with Gasteiger partial charge in [0.1, 0.15) is 27.7 Å². The summed E-state index contributed by atoms with van der Waals surface area (Å²) in [5, 5.41) is -0.217. The zero-order valence-electron chi connectivity index (χ0n) is 16.3. The van der Waals surface area contributed by atoms with Gasteiger partial charge >= 0.3 is 0 Å². The molecule has 0 unspecified atom stereocenters. The summed E-state index contributed by atoms with van der Waals surface area (Å²) < 4.78 is 47.3. The van der Waals surface area contributed by atoms with E-state index in [1.54, 1.807) is 6.07 Å². The Morgan fingerprint density at radius 1 is 1.00 bits per heavy atom. The highest BCUT2D eigenvalue weighted by molar-refractivity contribution is 7.12. The minimum Gasteiger partial charge on any atom is -0.328 e. The molecule has 2 aromatic carbocycles. The number of nitrogens with one attached hydrogen (secondary N) is 1. The lowest BCUT2D eigenvalue weighted by Crippen LogP contribution is -2.26. The molecule has 0 amide bonds. The van der Waals surface area contributed by atoms with E-state index in [4.69, 9.17) is 5.73 Å². The number of rotatable bonds is 2. The number of benzene rings is 2. The van der Waals surface area contributed by atoms with Crippen molar-refractivity contribution in [2.45, 2.75) is 37.6 Å². The lowest BCUT2D eigenvalue weighted by Gasteiger charge is -2.27. The van der Waals surface area contributed by atoms with Crippen molar-refractivity contribution in [1.29, 1.82) is 0 Å². The Labute approximate surface area is 178 Å². The maximum atomic E-state index is 15.1. The molecule has 0 atom stereocenters. The number of aromatic amines is 1. The molecular weight excluding hydrogens is 427 g/mol. The maximum Gasteiger partial charge on any atom is 0.271 e. The first-order valence-electron chi connectivity index (χ1n) is 9.95. The first kappa shape index (κ1) is 20.0. The second-order valence-electron chi connectivity index (χ2n) is 7.98. The molecule has 0 radical (unpaired) electrons. The molecule has 1 saturated carbocycles. The molecule has 2 aromatic heterocycles. The Hall–Kier alpha value is -2.91. The normalized spacial score (nSPS) is 19.4. The third-order valence-corrected chi connectivity index (χ3v) is 6.94. The van der Waals surface area contributed by atoms with Gasteiger partial charge in [0, 0.05) is 17.5 Å². The number of nitrogens with zero attached hydrogens (tertiary/aromatic N) is 1. The van der Waals surface area contributed by atoms with Crippen LogP contribution in [0.4, 0.5) is 13.2 Å². The van der Waals surface area contributed by atoms with Crippen molar-refractivity contribution in [1.82, 2.24) is 8.94 Å². The molecule has 2 heterocycles. The predicted molar refractivity (Wildman–Crippen MR) is 115 cm³/mol. The van der Waals surface area contributed by atoms with Crippen molar-refractivity contribution >= 4 is 32.7 Å². The molecule has 5 nitrogen and oxygen atoms in total. The average molecular weight is 445 g/mol. The Kier molecular flexibility index (Phi) is 4.75. The number of H-pyrrole nitrogens is 1. The molecule has 5 rings (SSSR count). The van der Waals surface area contributed by atoms with E-state index in [1.807, 2.05) is 0 Å². The fraction of sp³-hybridized carbons (Fsp3) is 0.273. The zero-order valence-corrected chi connectivity index (χ0v) is 17.1. The summed E-state index contributed by atoms with van der Waals surface area (Å²) in [4.78, 5) is 25.5. The summed E-state index contributed by atoms with van der Waals surface area (Å²) in [6.07, 6.45) is 2.94. The van der Waals surface area contributed by atoms with Crippen molar-refractivity contribution in [3.05, 3.63) is 73.9 Å². The smallest absolute Gasteiger partial charge is 0.271 e. The van der Waals surface area contributed by atoms with Crippen LogP contribution >= 0.6 is 11.5 Å². The van der Waals surface area contributed by atoms with Crippen molar-refractivity contribution in [2.75, 3.05) is 0 Å². The van der Waals surface area contributed by atoms with Crippen LogP contribution in [0.25, 0.3) is 26.8 Å². The van der Waals surface area contributed by atoms with Crippen molar-refractivity contribution in [3.8, 4) is 5.69 Å². The maximum absolute atomic E-state index is 15.1. The van der Waals surface area contributed by atoms with E-state index in [-0.39, 0.29) is 38.8 Å². The second-order valence-corrected chi connectivity index (χ2v) is 8.77. The number of pyridine rings is 1. The second kappa shape index (κ2) is 7.35. The van der Waals surface area contributed by atoms with Crippen LogP contribution in [0.2, 0.25) is 0 Å². The summed E-state index contributed by atoms with van der Waals surface area (Å²) in [7, 11) is 0. The van der Waals surface area contributed by atoms with Gasteiger partial charge in [-0.15, -0.1) is 0 Å². The van der Waals surface area contributed by atoms with Gasteiger partial charge in [0.25, 0.3) is 5.56 Å². The number of hydrogen-bond acceptors (Lipinski definition) is 4. The molecule has 0 saturated heterocycles. The van der Waals surface area contributed by atoms with Gasteiger partial charge in [0.2, 0.25) is 5.43 Å². The van der Waals surface area contributed by atoms with Crippen molar-refractivity contribution < 1.29 is 13.2 Å². The molecule has 0 bridgehead atoms. The first-order chi connectivity index (χ1) is 14.8. The molecule has 1 aliphatic rings. The van der Waals surface area contributed by atoms with Gasteiger partial charge in [-0.2, -0.15) is 0 Å². The molecule has 1 fully saturated rings. The summed E-state index contributed by atoms with van der Waals surface area (Å²) >= 11 is 0.878. The van der Waals surface area contributed by atoms with E-state index in [0.29, 0.717) is 18.4 Å². The third kappa shape index (κ3) is 3.19. The van der Waals surface area contributed by atoms with E-state index in [1.165, 1.54) is 10.6 Å². The average Bonchev–Trinajstić information content (AvgIpc) is 3.12. The quantitative estimate of drug-likeness (QED) is 0.483. The number of aromatic nitrogens is 2. The highest BCUT2D eigenvalue weighted by atomic mass is 32.1. The Morgan fingerprint density at radius 3 is 2.45 bits per heavy atom. The standard InChI is InChI=1S/C22H18F3N3O2S/c23-11-3-6-17(16(25)7-11)28-18-9-13(10-1-4-12(26)5-2-10)15(24)8-14(18)20(29)19-21(30)27-31-22(19)28/h3,6-10,12H,1-2,4-5,26H2,(H,27,30). The highest BCUT2D eigenvalue weighted by Crippen LogP contribution is 2.36. The largest absolute Gasteiger partial charge is 0.328 e. The lowest BCUT2D eigenvalue weighted by atomic mass is 9.81. The summed E-state index contributed by atoms with van der Waals surface area (Å²) in [6.45, 7) is 0. The topological polar surface area (TPSA) is 80.9 Å². The minimum absolute atomic E-state index is 0.0325. The van der Waals surface area contributed by atoms with Gasteiger partial charge in [-0.1, -0.05) is 0 Å². The van der Waals surface area contributed by atoms with Gasteiger partial charge in [0.15, 0.2) is 0 Å². The van der Waals surface area contributed by atoms with Crippen LogP contribution in [0.3, 0.4) is 0 Å². The van der Waals surface area contributed by atoms with Crippen LogP contribution in [-0.4, -0.2) is 15.0 Å². The molecule has 4 aromatic rings. The number of halogens is 3. The lowest BCUT2D eigenvalue weighted by molar-refractivity contribution is 0.387. The monoisotopic (exact) mass is 445 g/mol. The first-order valence-corrected chi connectivity index (χ1v) is 10.8. The highest BCUT2D eigenvalue weighted by Gasteiger charge is 2.26. The summed E-state index contributed by atoms with van der Waals surface area (Å²) in [5.74, 6) is -2.23. The van der Waals surface area contributed by atoms with E-state index < -0.39 is 28.4 Å². The van der Waals surface area contributed by atoms with Crippen molar-refractivity contribution in [3.63, 3.8) is 0 Å². The van der Waals surface area contributed by atoms with Crippen LogP contribution in [0.5, 0.6) is 0 Å². The zero-order chi connectivity index (χ0) is 21.9. The third-order valence-electron chi connectivity index (χ3n) is 6.07. The Bertz CT molecular complexity index is 1450. The van der Waals surface area contributed by atoms with Crippen LogP contribution in [0.1, 0.15) is 37.2 Å². The molecule has 0 spiro atoms. The summed E-state index contributed by atoms with van der Waals surface area (Å²) in [5.41, 5.74) is 5.38. The number of nitrogens with two attached hydrogens (primary N) is 1. The molecule has 1 aliphatic carbocycles. The molecule has 9 heteroatoms. The number of fused-ring (bicyclic) bond motifs is 2. The molecule has 160 valence electrons. The number of hydrogen-bond donors (Lipinski definition) is 2. The van der Waals surface area contributed by atoms with E-state index >= 15 is 4.39 Å². The minimum atomic E-state index is -0.860. The predicted octanol–water partition coefficient (Wildman–Crippen LogP) is 4.30. The molecule has 31 heavy (non-hydrogen) atoms. The van der Waals surface area contributed by atoms with Gasteiger partial charge in [-0.05, 0) is 73.0 Å². The summed E-state index contributed by atoms with van der Waals surface area (Å²) in [6, 6.07) is 5.82. The van der Waals surface area contributed by atoms with Crippen LogP contribution in [0, 0.1) is 17.5 Å². The van der Waals surface area contributed by atoms with E-state index in [2.05, 4.69) is 4.37 Å². The van der Waals surface area contributed by atoms with Gasteiger partial charge in [-0.3, -0.25) is 18.5 Å². The van der Waals surface area contributed by atoms with Crippen LogP contribution in [-0.2, 0) is 0 Å². The fourth-order valence-corrected chi connectivity index (χ4v) is 5.35. The van der Waals surface area contributed by atoms with Crippen LogP contribution in [0.15, 0.2) is 39.9 Å². The SMILES string of the molecule is NC1CCC(c2cc3c(cc2F)c(=O)c2c(=O)[nH]sc2n3-c2ccc(F)cc2F)CC1. The van der Waals surface area contributed by atoms with E-state index in [0.717, 1.165) is 42.6 Å². The molecule has 3 N–H and O–H groups in total. The Balaban J connectivity index is 1.88. The van der Waals surface area contributed by atoms with Gasteiger partial charge < -0.3 is 5.73 Å². The molecular formula is C22H18F3N3O2S. The fourth-order valence-electron chi connectivity index (χ4n) is 4.49. The van der Waals surface area contributed by atoms with Gasteiger partial charge in [-0.25, -0.2) is 13.2 Å². The Morgan fingerprint density at radius 2 is 1.74 bits per heavy atom. The van der Waals surface area contributed by atoms with Gasteiger partial charge in [0.05, 0.1) is 11.2 Å². The van der Waals surface area contributed by atoms with Crippen LogP contribution < -0.4 is 16.7 Å². The van der Waals surface area contributed by atoms with E-state index in [9.17, 15) is 18.4 Å². The molecule has 0 aliphatic heterocycles. The van der Waals surface area contributed by atoms with Crippen molar-refractivity contribution in [2.24, 2.45) is 5.73 Å².